The average Bonchev–Trinajstić information content (AvgIpc) is 2.76. The molecule has 1 saturated carbocycles. The van der Waals surface area contributed by atoms with Crippen LogP contribution >= 0.6 is 0 Å². The molecule has 5 heteroatoms. The van der Waals surface area contributed by atoms with Gasteiger partial charge in [0.1, 0.15) is 11.5 Å². The summed E-state index contributed by atoms with van der Waals surface area (Å²) in [5, 5.41) is 0. The zero-order valence-electron chi connectivity index (χ0n) is 11.2. The van der Waals surface area contributed by atoms with Crippen molar-refractivity contribution in [3.63, 3.8) is 0 Å². The molecule has 1 aromatic rings. The number of amides is 1. The number of carbonyl (C=O) groups excluding carboxylic acids is 3. The van der Waals surface area contributed by atoms with E-state index in [-0.39, 0.29) is 23.9 Å². The molecule has 1 fully saturated rings. The highest BCUT2D eigenvalue weighted by Gasteiger charge is 2.38. The van der Waals surface area contributed by atoms with Crippen molar-refractivity contribution in [3.8, 4) is 5.75 Å². The van der Waals surface area contributed by atoms with Gasteiger partial charge in [-0.05, 0) is 24.1 Å². The maximum absolute atomic E-state index is 12.4. The highest BCUT2D eigenvalue weighted by Crippen LogP contribution is 2.30. The lowest BCUT2D eigenvalue weighted by atomic mass is 9.92. The smallest absolute Gasteiger partial charge is 0.255 e. The Hall–Kier alpha value is -2.17. The van der Waals surface area contributed by atoms with E-state index in [1.807, 2.05) is 12.1 Å². The largest absolute Gasteiger partial charge is 0.497 e. The van der Waals surface area contributed by atoms with Gasteiger partial charge in [-0.1, -0.05) is 6.07 Å². The first-order valence-corrected chi connectivity index (χ1v) is 6.62. The highest BCUT2D eigenvalue weighted by atomic mass is 16.5. The summed E-state index contributed by atoms with van der Waals surface area (Å²) >= 11 is 0. The number of methoxy groups -OCH3 is 1. The van der Waals surface area contributed by atoms with Crippen molar-refractivity contribution >= 4 is 17.5 Å². The summed E-state index contributed by atoms with van der Waals surface area (Å²) in [5.41, 5.74) is 1.49. The van der Waals surface area contributed by atoms with E-state index in [0.29, 0.717) is 30.7 Å². The van der Waals surface area contributed by atoms with Gasteiger partial charge in [-0.2, -0.15) is 0 Å². The average molecular weight is 273 g/mol. The van der Waals surface area contributed by atoms with E-state index in [1.165, 1.54) is 0 Å². The van der Waals surface area contributed by atoms with Crippen molar-refractivity contribution in [1.29, 1.82) is 0 Å². The van der Waals surface area contributed by atoms with E-state index in [9.17, 15) is 14.4 Å². The first-order valence-electron chi connectivity index (χ1n) is 6.62. The first kappa shape index (κ1) is 12.8. The fraction of sp³-hybridized carbons (Fsp3) is 0.400. The van der Waals surface area contributed by atoms with Crippen LogP contribution in [0.3, 0.4) is 0 Å². The monoisotopic (exact) mass is 273 g/mol. The number of ether oxygens (including phenoxy) is 1. The predicted octanol–water partition coefficient (Wildman–Crippen LogP) is 1.34. The number of ketones is 2. The number of rotatable bonds is 2. The van der Waals surface area contributed by atoms with Gasteiger partial charge in [0, 0.05) is 18.5 Å². The quantitative estimate of drug-likeness (QED) is 0.763. The number of nitrogens with zero attached hydrogens (tertiary/aromatic N) is 1. The van der Waals surface area contributed by atoms with Gasteiger partial charge in [0.15, 0.2) is 5.78 Å². The number of hydrogen-bond donors (Lipinski definition) is 0. The molecule has 0 radical (unpaired) electrons. The zero-order chi connectivity index (χ0) is 14.3. The second-order valence-electron chi connectivity index (χ2n) is 5.19. The normalized spacial score (nSPS) is 22.1. The van der Waals surface area contributed by atoms with Gasteiger partial charge in [-0.3, -0.25) is 14.4 Å². The van der Waals surface area contributed by atoms with E-state index in [0.717, 1.165) is 5.56 Å². The van der Waals surface area contributed by atoms with Gasteiger partial charge in [0.2, 0.25) is 0 Å². The molecular formula is C15H15NO4. The van der Waals surface area contributed by atoms with Crippen molar-refractivity contribution in [2.24, 2.45) is 0 Å². The number of carbonyl (C=O) groups is 3. The van der Waals surface area contributed by atoms with E-state index in [4.69, 9.17) is 4.74 Å². The molecular weight excluding hydrogens is 258 g/mol. The van der Waals surface area contributed by atoms with Crippen LogP contribution in [0.5, 0.6) is 5.75 Å². The van der Waals surface area contributed by atoms with Crippen LogP contribution < -0.4 is 4.74 Å². The van der Waals surface area contributed by atoms with Crippen LogP contribution in [0.4, 0.5) is 0 Å². The Morgan fingerprint density at radius 1 is 1.25 bits per heavy atom. The fourth-order valence-electron chi connectivity index (χ4n) is 2.87. The Bertz CT molecular complexity index is 608. The number of fused-ring (bicyclic) bond motifs is 1. The van der Waals surface area contributed by atoms with Crippen LogP contribution in [-0.4, -0.2) is 35.5 Å². The summed E-state index contributed by atoms with van der Waals surface area (Å²) in [6.07, 6.45) is 0.766. The van der Waals surface area contributed by atoms with Gasteiger partial charge in [-0.25, -0.2) is 0 Å². The molecule has 0 N–H and O–H groups in total. The first-order chi connectivity index (χ1) is 9.60. The molecule has 1 unspecified atom stereocenters. The molecule has 0 spiro atoms. The predicted molar refractivity (Wildman–Crippen MR) is 70.5 cm³/mol. The third-order valence-electron chi connectivity index (χ3n) is 3.96. The fourth-order valence-corrected chi connectivity index (χ4v) is 2.87. The molecule has 0 saturated heterocycles. The summed E-state index contributed by atoms with van der Waals surface area (Å²) in [5.74, 6) is 0.308. The lowest BCUT2D eigenvalue weighted by Gasteiger charge is -2.29. The topological polar surface area (TPSA) is 63.7 Å². The molecule has 3 rings (SSSR count). The van der Waals surface area contributed by atoms with Crippen molar-refractivity contribution in [3.05, 3.63) is 29.3 Å². The van der Waals surface area contributed by atoms with Crippen LogP contribution in [-0.2, 0) is 16.1 Å². The Balaban J connectivity index is 1.86. The minimum atomic E-state index is -0.460. The third-order valence-corrected chi connectivity index (χ3v) is 3.96. The summed E-state index contributed by atoms with van der Waals surface area (Å²) < 4.78 is 5.12. The SMILES string of the molecule is COc1ccc2c(c1)C(=O)N(C1CCC(=O)CC1=O)C2. The van der Waals surface area contributed by atoms with Gasteiger partial charge < -0.3 is 9.64 Å². The molecule has 20 heavy (non-hydrogen) atoms. The van der Waals surface area contributed by atoms with Gasteiger partial charge in [0.25, 0.3) is 5.91 Å². The zero-order valence-corrected chi connectivity index (χ0v) is 11.2. The molecule has 5 nitrogen and oxygen atoms in total. The van der Waals surface area contributed by atoms with Crippen LogP contribution in [0.2, 0.25) is 0 Å². The van der Waals surface area contributed by atoms with E-state index < -0.39 is 6.04 Å². The van der Waals surface area contributed by atoms with E-state index in [2.05, 4.69) is 0 Å². The van der Waals surface area contributed by atoms with E-state index in [1.54, 1.807) is 18.1 Å². The highest BCUT2D eigenvalue weighted by molar-refractivity contribution is 6.07. The Kier molecular flexibility index (Phi) is 3.04. The summed E-state index contributed by atoms with van der Waals surface area (Å²) in [4.78, 5) is 37.3. The molecule has 1 heterocycles. The lowest BCUT2D eigenvalue weighted by molar-refractivity contribution is -0.133. The summed E-state index contributed by atoms with van der Waals surface area (Å²) in [6.45, 7) is 0.433. The van der Waals surface area contributed by atoms with Crippen molar-refractivity contribution in [2.75, 3.05) is 7.11 Å². The summed E-state index contributed by atoms with van der Waals surface area (Å²) in [6, 6.07) is 4.90. The van der Waals surface area contributed by atoms with Crippen molar-refractivity contribution in [1.82, 2.24) is 4.90 Å². The van der Waals surface area contributed by atoms with Gasteiger partial charge >= 0.3 is 0 Å². The molecule has 0 bridgehead atoms. The minimum absolute atomic E-state index is 0.0305. The second-order valence-corrected chi connectivity index (χ2v) is 5.19. The Morgan fingerprint density at radius 3 is 2.75 bits per heavy atom. The van der Waals surface area contributed by atoms with Crippen LogP contribution in [0.1, 0.15) is 35.2 Å². The molecule has 1 atom stereocenters. The molecule has 104 valence electrons. The van der Waals surface area contributed by atoms with Gasteiger partial charge in [-0.15, -0.1) is 0 Å². The molecule has 1 aliphatic heterocycles. The molecule has 1 aromatic carbocycles. The number of hydrogen-bond acceptors (Lipinski definition) is 4. The molecule has 0 aromatic heterocycles. The number of benzene rings is 1. The Morgan fingerprint density at radius 2 is 2.05 bits per heavy atom. The molecule has 2 aliphatic rings. The molecule has 1 amide bonds. The minimum Gasteiger partial charge on any atom is -0.497 e. The van der Waals surface area contributed by atoms with E-state index >= 15 is 0 Å². The molecule has 1 aliphatic carbocycles. The standard InChI is InChI=1S/C15H15NO4/c1-20-11-4-2-9-8-16(15(19)12(9)7-11)13-5-3-10(17)6-14(13)18/h2,4,7,13H,3,5-6,8H2,1H3. The van der Waals surface area contributed by atoms with Crippen molar-refractivity contribution in [2.45, 2.75) is 31.8 Å². The van der Waals surface area contributed by atoms with Crippen LogP contribution in [0.15, 0.2) is 18.2 Å². The summed E-state index contributed by atoms with van der Waals surface area (Å²) in [7, 11) is 1.55. The third kappa shape index (κ3) is 1.99. The Labute approximate surface area is 116 Å². The lowest BCUT2D eigenvalue weighted by Crippen LogP contribution is -2.44. The van der Waals surface area contributed by atoms with Gasteiger partial charge in [0.05, 0.1) is 19.6 Å². The van der Waals surface area contributed by atoms with Crippen molar-refractivity contribution < 1.29 is 19.1 Å². The van der Waals surface area contributed by atoms with Crippen LogP contribution in [0.25, 0.3) is 0 Å². The maximum Gasteiger partial charge on any atom is 0.255 e. The van der Waals surface area contributed by atoms with Crippen LogP contribution in [0, 0.1) is 0 Å². The maximum atomic E-state index is 12.4. The number of Topliss-reactive ketones (excluding diaryl/α,β-unsaturated/α-hetero) is 2. The second kappa shape index (κ2) is 4.74.